The van der Waals surface area contributed by atoms with Crippen molar-refractivity contribution in [1.82, 2.24) is 4.98 Å². The highest BCUT2D eigenvalue weighted by molar-refractivity contribution is 5.82. The molecule has 0 aliphatic rings. The number of aromatic amines is 1. The van der Waals surface area contributed by atoms with E-state index in [2.05, 4.69) is 4.98 Å². The zero-order valence-corrected chi connectivity index (χ0v) is 7.29. The van der Waals surface area contributed by atoms with E-state index < -0.39 is 0 Å². The Morgan fingerprint density at radius 3 is 2.85 bits per heavy atom. The minimum absolute atomic E-state index is 0.0442. The van der Waals surface area contributed by atoms with E-state index in [1.165, 1.54) is 0 Å². The predicted octanol–water partition coefficient (Wildman–Crippen LogP) is 1.42. The molecule has 0 radical (unpaired) electrons. The Balaban J connectivity index is 2.89. The number of aromatic nitrogens is 1. The third-order valence-electron chi connectivity index (χ3n) is 2.05. The molecule has 1 aromatic heterocycles. The van der Waals surface area contributed by atoms with Gasteiger partial charge in [-0.1, -0.05) is 0 Å². The second-order valence-corrected chi connectivity index (χ2v) is 3.13. The fourth-order valence-corrected chi connectivity index (χ4v) is 1.33. The Morgan fingerprint density at radius 2 is 2.08 bits per heavy atom. The van der Waals surface area contributed by atoms with Crippen LogP contribution >= 0.6 is 0 Å². The van der Waals surface area contributed by atoms with E-state index in [1.807, 2.05) is 18.2 Å². The molecule has 0 spiro atoms. The van der Waals surface area contributed by atoms with Crippen molar-refractivity contribution in [3.63, 3.8) is 0 Å². The van der Waals surface area contributed by atoms with Crippen molar-refractivity contribution in [2.75, 3.05) is 5.73 Å². The van der Waals surface area contributed by atoms with Gasteiger partial charge in [0.25, 0.3) is 5.56 Å². The average Bonchev–Trinajstić information content (AvgIpc) is 2.08. The molecular formula is C10H10N2O. The van der Waals surface area contributed by atoms with E-state index in [0.29, 0.717) is 11.3 Å². The van der Waals surface area contributed by atoms with Crippen molar-refractivity contribution in [3.8, 4) is 0 Å². The van der Waals surface area contributed by atoms with Gasteiger partial charge in [-0.05, 0) is 31.2 Å². The van der Waals surface area contributed by atoms with Gasteiger partial charge in [-0.15, -0.1) is 0 Å². The lowest BCUT2D eigenvalue weighted by Crippen LogP contribution is -2.08. The first-order valence-corrected chi connectivity index (χ1v) is 4.06. The number of nitrogens with two attached hydrogens (primary N) is 1. The molecule has 0 saturated heterocycles. The third kappa shape index (κ3) is 1.28. The van der Waals surface area contributed by atoms with Crippen molar-refractivity contribution in [2.45, 2.75) is 6.92 Å². The monoisotopic (exact) mass is 174 g/mol. The van der Waals surface area contributed by atoms with Crippen molar-refractivity contribution in [2.24, 2.45) is 0 Å². The number of H-pyrrole nitrogens is 1. The van der Waals surface area contributed by atoms with Crippen LogP contribution in [0.5, 0.6) is 0 Å². The van der Waals surface area contributed by atoms with E-state index in [0.717, 1.165) is 10.9 Å². The number of hydrogen-bond donors (Lipinski definition) is 2. The summed E-state index contributed by atoms with van der Waals surface area (Å²) in [6.07, 6.45) is 0. The number of aryl methyl sites for hydroxylation is 1. The van der Waals surface area contributed by atoms with Gasteiger partial charge in [-0.2, -0.15) is 0 Å². The summed E-state index contributed by atoms with van der Waals surface area (Å²) in [5.41, 5.74) is 7.81. The van der Waals surface area contributed by atoms with Gasteiger partial charge in [0, 0.05) is 22.2 Å². The number of nitrogen functional groups attached to an aromatic ring is 1. The summed E-state index contributed by atoms with van der Waals surface area (Å²) in [7, 11) is 0. The summed E-state index contributed by atoms with van der Waals surface area (Å²) in [5.74, 6) is 0. The van der Waals surface area contributed by atoms with Gasteiger partial charge in [-0.25, -0.2) is 0 Å². The van der Waals surface area contributed by atoms with Gasteiger partial charge in [0.05, 0.1) is 0 Å². The van der Waals surface area contributed by atoms with Crippen LogP contribution < -0.4 is 11.3 Å². The minimum Gasteiger partial charge on any atom is -0.399 e. The second-order valence-electron chi connectivity index (χ2n) is 3.13. The molecule has 0 saturated carbocycles. The number of pyridine rings is 1. The maximum absolute atomic E-state index is 11.2. The van der Waals surface area contributed by atoms with Crippen LogP contribution in [0.1, 0.15) is 5.56 Å². The van der Waals surface area contributed by atoms with Crippen molar-refractivity contribution in [3.05, 3.63) is 40.2 Å². The van der Waals surface area contributed by atoms with E-state index in [4.69, 9.17) is 5.73 Å². The Morgan fingerprint density at radius 1 is 1.31 bits per heavy atom. The van der Waals surface area contributed by atoms with Crippen LogP contribution in [0, 0.1) is 6.92 Å². The first-order valence-electron chi connectivity index (χ1n) is 4.06. The van der Waals surface area contributed by atoms with Crippen LogP contribution in [-0.2, 0) is 0 Å². The summed E-state index contributed by atoms with van der Waals surface area (Å²) in [5, 5.41) is 0.970. The number of anilines is 1. The van der Waals surface area contributed by atoms with E-state index in [9.17, 15) is 4.79 Å². The number of fused-ring (bicyclic) bond motifs is 1. The van der Waals surface area contributed by atoms with Crippen molar-refractivity contribution in [1.29, 1.82) is 0 Å². The molecule has 3 nitrogen and oxygen atoms in total. The summed E-state index contributed by atoms with van der Waals surface area (Å²) in [6.45, 7) is 1.78. The summed E-state index contributed by atoms with van der Waals surface area (Å²) in [6, 6.07) is 7.27. The maximum Gasteiger partial charge on any atom is 0.251 e. The molecule has 3 N–H and O–H groups in total. The SMILES string of the molecule is Cc1cc2cc(N)ccc2[nH]c1=O. The number of hydrogen-bond acceptors (Lipinski definition) is 2. The van der Waals surface area contributed by atoms with Crippen LogP contribution in [0.25, 0.3) is 10.9 Å². The van der Waals surface area contributed by atoms with Crippen molar-refractivity contribution < 1.29 is 0 Å². The molecule has 0 aliphatic heterocycles. The zero-order valence-electron chi connectivity index (χ0n) is 7.29. The first-order chi connectivity index (χ1) is 6.16. The normalized spacial score (nSPS) is 10.5. The molecule has 0 aliphatic carbocycles. The fraction of sp³-hybridized carbons (Fsp3) is 0.100. The largest absolute Gasteiger partial charge is 0.399 e. The second kappa shape index (κ2) is 2.62. The number of rotatable bonds is 0. The van der Waals surface area contributed by atoms with Crippen molar-refractivity contribution >= 4 is 16.6 Å². The molecule has 2 aromatic rings. The topological polar surface area (TPSA) is 58.9 Å². The van der Waals surface area contributed by atoms with Gasteiger partial charge >= 0.3 is 0 Å². The lowest BCUT2D eigenvalue weighted by atomic mass is 10.1. The average molecular weight is 174 g/mol. The van der Waals surface area contributed by atoms with Crippen LogP contribution in [-0.4, -0.2) is 4.98 Å². The molecule has 0 bridgehead atoms. The fourth-order valence-electron chi connectivity index (χ4n) is 1.33. The Hall–Kier alpha value is -1.77. The molecule has 0 fully saturated rings. The van der Waals surface area contributed by atoms with Gasteiger partial charge in [0.1, 0.15) is 0 Å². The molecule has 0 amide bonds. The van der Waals surface area contributed by atoms with Gasteiger partial charge in [0.15, 0.2) is 0 Å². The van der Waals surface area contributed by atoms with Crippen LogP contribution in [0.2, 0.25) is 0 Å². The Labute approximate surface area is 75.2 Å². The quantitative estimate of drug-likeness (QED) is 0.593. The van der Waals surface area contributed by atoms with Gasteiger partial charge in [0.2, 0.25) is 0 Å². The van der Waals surface area contributed by atoms with E-state index >= 15 is 0 Å². The molecule has 1 aromatic carbocycles. The van der Waals surface area contributed by atoms with Gasteiger partial charge in [-0.3, -0.25) is 4.79 Å². The summed E-state index contributed by atoms with van der Waals surface area (Å²) in [4.78, 5) is 14.0. The third-order valence-corrected chi connectivity index (χ3v) is 2.05. The van der Waals surface area contributed by atoms with Crippen LogP contribution in [0.15, 0.2) is 29.1 Å². The molecule has 66 valence electrons. The number of benzene rings is 1. The highest BCUT2D eigenvalue weighted by Gasteiger charge is 1.97. The maximum atomic E-state index is 11.2. The lowest BCUT2D eigenvalue weighted by Gasteiger charge is -1.99. The summed E-state index contributed by atoms with van der Waals surface area (Å²) >= 11 is 0. The molecule has 3 heteroatoms. The van der Waals surface area contributed by atoms with Crippen LogP contribution in [0.4, 0.5) is 5.69 Å². The van der Waals surface area contributed by atoms with Crippen LogP contribution in [0.3, 0.4) is 0 Å². The lowest BCUT2D eigenvalue weighted by molar-refractivity contribution is 1.24. The van der Waals surface area contributed by atoms with E-state index in [-0.39, 0.29) is 5.56 Å². The highest BCUT2D eigenvalue weighted by atomic mass is 16.1. The number of nitrogens with one attached hydrogen (secondary N) is 1. The molecule has 1 heterocycles. The van der Waals surface area contributed by atoms with E-state index in [1.54, 1.807) is 13.0 Å². The smallest absolute Gasteiger partial charge is 0.251 e. The van der Waals surface area contributed by atoms with Gasteiger partial charge < -0.3 is 10.7 Å². The zero-order chi connectivity index (χ0) is 9.42. The molecule has 0 unspecified atom stereocenters. The molecule has 13 heavy (non-hydrogen) atoms. The summed E-state index contributed by atoms with van der Waals surface area (Å²) < 4.78 is 0. The Bertz CT molecular complexity index is 514. The first kappa shape index (κ1) is 7.86. The molecular weight excluding hydrogens is 164 g/mol. The highest BCUT2D eigenvalue weighted by Crippen LogP contribution is 2.14. The standard InChI is InChI=1S/C10H10N2O/c1-6-4-7-5-8(11)2-3-9(7)12-10(6)13/h2-5H,11H2,1H3,(H,12,13). The Kier molecular flexibility index (Phi) is 1.59. The minimum atomic E-state index is -0.0442. The predicted molar refractivity (Wildman–Crippen MR) is 53.7 cm³/mol. The molecule has 0 atom stereocenters. The molecule has 2 rings (SSSR count).